The van der Waals surface area contributed by atoms with Gasteiger partial charge in [0.15, 0.2) is 11.6 Å². The molecule has 0 saturated carbocycles. The fourth-order valence-corrected chi connectivity index (χ4v) is 1.05. The Morgan fingerprint density at radius 2 is 1.87 bits per heavy atom. The minimum absolute atomic E-state index is 0.0244. The van der Waals surface area contributed by atoms with Crippen LogP contribution in [0.2, 0.25) is 0 Å². The molecule has 0 heterocycles. The average molecular weight is 214 g/mol. The van der Waals surface area contributed by atoms with Gasteiger partial charge in [0.25, 0.3) is 0 Å². The van der Waals surface area contributed by atoms with E-state index in [2.05, 4.69) is 0 Å². The summed E-state index contributed by atoms with van der Waals surface area (Å²) in [5.74, 6) is -1.73. The van der Waals surface area contributed by atoms with E-state index < -0.39 is 11.6 Å². The molecule has 0 bridgehead atoms. The van der Waals surface area contributed by atoms with Crippen LogP contribution < -0.4 is 0 Å². The minimum Gasteiger partial charge on any atom is -0.300 e. The van der Waals surface area contributed by atoms with Crippen LogP contribution >= 0.6 is 0 Å². The largest absolute Gasteiger partial charge is 0.300 e. The van der Waals surface area contributed by atoms with Crippen molar-refractivity contribution in [2.24, 2.45) is 0 Å². The quantitative estimate of drug-likeness (QED) is 0.752. The summed E-state index contributed by atoms with van der Waals surface area (Å²) in [6.45, 7) is 5.43. The third-order valence-corrected chi connectivity index (χ3v) is 1.78. The lowest BCUT2D eigenvalue weighted by Crippen LogP contribution is -1.98. The number of aryl methyl sites for hydroxylation is 1. The predicted octanol–water partition coefficient (Wildman–Crippen LogP) is 3.51. The minimum atomic E-state index is -0.860. The van der Waals surface area contributed by atoms with Gasteiger partial charge < -0.3 is 4.79 Å². The molecule has 1 rings (SSSR count). The molecule has 0 unspecified atom stereocenters. The Morgan fingerprint density at radius 1 is 1.27 bits per heavy atom. The van der Waals surface area contributed by atoms with E-state index in [1.807, 2.05) is 13.8 Å². The molecule has 0 fully saturated rings. The summed E-state index contributed by atoms with van der Waals surface area (Å²) >= 11 is 0. The van der Waals surface area contributed by atoms with Crippen molar-refractivity contribution in [3.05, 3.63) is 35.4 Å². The first kappa shape index (κ1) is 13.8. The van der Waals surface area contributed by atoms with Crippen LogP contribution in [-0.4, -0.2) is 5.78 Å². The molecule has 0 aromatic heterocycles. The van der Waals surface area contributed by atoms with E-state index in [9.17, 15) is 13.6 Å². The third-order valence-electron chi connectivity index (χ3n) is 1.78. The van der Waals surface area contributed by atoms with Gasteiger partial charge in [-0.25, -0.2) is 8.78 Å². The van der Waals surface area contributed by atoms with Crippen LogP contribution in [0, 0.1) is 11.6 Å². The first-order valence-electron chi connectivity index (χ1n) is 5.03. The van der Waals surface area contributed by atoms with Crippen LogP contribution in [0.25, 0.3) is 0 Å². The normalized spacial score (nSPS) is 9.13. The van der Waals surface area contributed by atoms with Gasteiger partial charge in [0, 0.05) is 6.42 Å². The van der Waals surface area contributed by atoms with Crippen molar-refractivity contribution in [3.8, 4) is 0 Å². The van der Waals surface area contributed by atoms with Crippen molar-refractivity contribution in [2.75, 3.05) is 0 Å². The molecule has 0 N–H and O–H groups in total. The number of Topliss-reactive ketones (excluding diaryl/α,β-unsaturated/α-hetero) is 1. The summed E-state index contributed by atoms with van der Waals surface area (Å²) in [6, 6.07) is 3.99. The first-order valence-corrected chi connectivity index (χ1v) is 5.03. The zero-order chi connectivity index (χ0) is 11.8. The topological polar surface area (TPSA) is 17.1 Å². The lowest BCUT2D eigenvalue weighted by atomic mass is 10.1. The van der Waals surface area contributed by atoms with Gasteiger partial charge in [-0.05, 0) is 25.0 Å². The lowest BCUT2D eigenvalue weighted by molar-refractivity contribution is -0.116. The molecule has 0 aliphatic carbocycles. The Morgan fingerprint density at radius 3 is 2.40 bits per heavy atom. The highest BCUT2D eigenvalue weighted by Crippen LogP contribution is 2.12. The zero-order valence-electron chi connectivity index (χ0n) is 9.31. The second kappa shape index (κ2) is 7.10. The molecular weight excluding hydrogens is 198 g/mol. The van der Waals surface area contributed by atoms with Crippen molar-refractivity contribution < 1.29 is 13.6 Å². The van der Waals surface area contributed by atoms with Crippen molar-refractivity contribution in [1.29, 1.82) is 0 Å². The van der Waals surface area contributed by atoms with E-state index in [4.69, 9.17) is 0 Å². The molecule has 0 atom stereocenters. The van der Waals surface area contributed by atoms with Crippen molar-refractivity contribution in [3.63, 3.8) is 0 Å². The van der Waals surface area contributed by atoms with E-state index in [-0.39, 0.29) is 24.2 Å². The van der Waals surface area contributed by atoms with E-state index in [1.165, 1.54) is 19.1 Å². The molecule has 0 saturated heterocycles. The molecule has 1 aromatic rings. The second-order valence-electron chi connectivity index (χ2n) is 2.91. The van der Waals surface area contributed by atoms with Gasteiger partial charge in [-0.2, -0.15) is 0 Å². The van der Waals surface area contributed by atoms with Gasteiger partial charge in [0.1, 0.15) is 5.78 Å². The summed E-state index contributed by atoms with van der Waals surface area (Å²) in [7, 11) is 0. The van der Waals surface area contributed by atoms with Crippen LogP contribution in [0.1, 0.15) is 32.8 Å². The number of hydrogen-bond acceptors (Lipinski definition) is 1. The Balaban J connectivity index is 0.000000921. The fourth-order valence-electron chi connectivity index (χ4n) is 1.05. The highest BCUT2D eigenvalue weighted by atomic mass is 19.2. The number of ketones is 1. The average Bonchev–Trinajstić information content (AvgIpc) is 2.23. The van der Waals surface area contributed by atoms with E-state index >= 15 is 0 Å². The van der Waals surface area contributed by atoms with Gasteiger partial charge in [0.05, 0.1) is 0 Å². The molecule has 0 amide bonds. The lowest BCUT2D eigenvalue weighted by Gasteiger charge is -2.01. The van der Waals surface area contributed by atoms with Crippen LogP contribution in [0.5, 0.6) is 0 Å². The molecule has 0 spiro atoms. The fraction of sp³-hybridized carbons (Fsp3) is 0.417. The molecular formula is C12H16F2O. The highest BCUT2D eigenvalue weighted by molar-refractivity contribution is 5.75. The zero-order valence-corrected chi connectivity index (χ0v) is 9.31. The van der Waals surface area contributed by atoms with Crippen LogP contribution in [-0.2, 0) is 11.2 Å². The SMILES string of the molecule is CC.CC(=O)CCc1cccc(F)c1F. The van der Waals surface area contributed by atoms with E-state index in [1.54, 1.807) is 0 Å². The third kappa shape index (κ3) is 4.68. The van der Waals surface area contributed by atoms with Gasteiger partial charge in [0.2, 0.25) is 0 Å². The summed E-state index contributed by atoms with van der Waals surface area (Å²) in [4.78, 5) is 10.6. The van der Waals surface area contributed by atoms with Crippen molar-refractivity contribution in [2.45, 2.75) is 33.6 Å². The molecule has 84 valence electrons. The standard InChI is InChI=1S/C10H10F2O.C2H6/c1-7(13)5-6-8-3-2-4-9(11)10(8)12;1-2/h2-4H,5-6H2,1H3;1-2H3. The maximum atomic E-state index is 13.0. The first-order chi connectivity index (χ1) is 7.11. The number of carbonyl (C=O) groups excluding carboxylic acids is 1. The number of hydrogen-bond donors (Lipinski definition) is 0. The maximum Gasteiger partial charge on any atom is 0.162 e. The molecule has 1 nitrogen and oxygen atoms in total. The Labute approximate surface area is 89.1 Å². The molecule has 0 aliphatic rings. The number of benzene rings is 1. The summed E-state index contributed by atoms with van der Waals surface area (Å²) in [5.41, 5.74) is 0.259. The van der Waals surface area contributed by atoms with E-state index in [0.717, 1.165) is 6.07 Å². The highest BCUT2D eigenvalue weighted by Gasteiger charge is 2.07. The van der Waals surface area contributed by atoms with Gasteiger partial charge in [-0.3, -0.25) is 0 Å². The van der Waals surface area contributed by atoms with E-state index in [0.29, 0.717) is 0 Å². The smallest absolute Gasteiger partial charge is 0.162 e. The predicted molar refractivity (Wildman–Crippen MR) is 56.7 cm³/mol. The second-order valence-corrected chi connectivity index (χ2v) is 2.91. The molecule has 1 aromatic carbocycles. The van der Waals surface area contributed by atoms with Crippen LogP contribution in [0.15, 0.2) is 18.2 Å². The number of rotatable bonds is 3. The van der Waals surface area contributed by atoms with Crippen LogP contribution in [0.3, 0.4) is 0 Å². The van der Waals surface area contributed by atoms with Gasteiger partial charge >= 0.3 is 0 Å². The number of halogens is 2. The maximum absolute atomic E-state index is 13.0. The Bertz CT molecular complexity index is 321. The number of carbonyl (C=O) groups is 1. The molecule has 0 radical (unpaired) electrons. The molecule has 15 heavy (non-hydrogen) atoms. The van der Waals surface area contributed by atoms with Gasteiger partial charge in [-0.15, -0.1) is 0 Å². The van der Waals surface area contributed by atoms with Crippen molar-refractivity contribution >= 4 is 5.78 Å². The van der Waals surface area contributed by atoms with Crippen molar-refractivity contribution in [1.82, 2.24) is 0 Å². The Kier molecular flexibility index (Phi) is 6.50. The molecule has 0 aliphatic heterocycles. The summed E-state index contributed by atoms with van der Waals surface area (Å²) in [6.07, 6.45) is 0.513. The summed E-state index contributed by atoms with van der Waals surface area (Å²) in [5, 5.41) is 0. The summed E-state index contributed by atoms with van der Waals surface area (Å²) < 4.78 is 25.6. The Hall–Kier alpha value is -1.25. The van der Waals surface area contributed by atoms with Crippen LogP contribution in [0.4, 0.5) is 8.78 Å². The molecule has 3 heteroatoms. The monoisotopic (exact) mass is 214 g/mol. The van der Waals surface area contributed by atoms with Gasteiger partial charge in [-0.1, -0.05) is 26.0 Å².